The second kappa shape index (κ2) is 9.38. The van der Waals surface area contributed by atoms with Crippen LogP contribution in [0.1, 0.15) is 24.7 Å². The number of pyridine rings is 2. The summed E-state index contributed by atoms with van der Waals surface area (Å²) in [6.07, 6.45) is 4.28. The molecule has 0 radical (unpaired) electrons. The summed E-state index contributed by atoms with van der Waals surface area (Å²) in [5, 5.41) is 10.4. The molecule has 0 bridgehead atoms. The zero-order valence-electron chi connectivity index (χ0n) is 17.8. The van der Waals surface area contributed by atoms with Gasteiger partial charge >= 0.3 is 0 Å². The first-order valence-corrected chi connectivity index (χ1v) is 10.4. The highest BCUT2D eigenvalue weighted by atomic mass is 16.5. The molecule has 0 spiro atoms. The fraction of sp³-hybridized carbons (Fsp3) is 0.348. The highest BCUT2D eigenvalue weighted by molar-refractivity contribution is 6.07. The summed E-state index contributed by atoms with van der Waals surface area (Å²) >= 11 is 0. The number of ether oxygens (including phenoxy) is 2. The number of benzene rings is 1. The van der Waals surface area contributed by atoms with E-state index >= 15 is 0 Å². The van der Waals surface area contributed by atoms with Gasteiger partial charge in [-0.15, -0.1) is 0 Å². The van der Waals surface area contributed by atoms with E-state index in [-0.39, 0.29) is 6.61 Å². The first-order chi connectivity index (χ1) is 15.2. The van der Waals surface area contributed by atoms with E-state index in [9.17, 15) is 5.11 Å². The Hall–Kier alpha value is -3.07. The van der Waals surface area contributed by atoms with Crippen molar-refractivity contribution in [3.63, 3.8) is 0 Å². The van der Waals surface area contributed by atoms with Gasteiger partial charge in [0.2, 0.25) is 0 Å². The molecule has 0 saturated heterocycles. The fourth-order valence-corrected chi connectivity index (χ4v) is 3.78. The molecule has 1 aromatic carbocycles. The van der Waals surface area contributed by atoms with Crippen molar-refractivity contribution < 1.29 is 14.6 Å². The first-order valence-electron chi connectivity index (χ1n) is 10.4. The number of fused-ring (bicyclic) bond motifs is 3. The second-order valence-electron chi connectivity index (χ2n) is 7.33. The van der Waals surface area contributed by atoms with E-state index in [1.54, 1.807) is 19.5 Å². The molecule has 31 heavy (non-hydrogen) atoms. The lowest BCUT2D eigenvalue weighted by molar-refractivity contribution is 0.125. The van der Waals surface area contributed by atoms with Gasteiger partial charge in [-0.25, -0.2) is 9.97 Å². The summed E-state index contributed by atoms with van der Waals surface area (Å²) in [5.41, 5.74) is 11.4. The average molecular weight is 422 g/mol. The third kappa shape index (κ3) is 4.23. The Morgan fingerprint density at radius 1 is 1.13 bits per heavy atom. The van der Waals surface area contributed by atoms with Gasteiger partial charge in [-0.05, 0) is 36.6 Å². The van der Waals surface area contributed by atoms with E-state index in [1.165, 1.54) is 0 Å². The van der Waals surface area contributed by atoms with Crippen LogP contribution in [-0.4, -0.2) is 44.9 Å². The molecular weight excluding hydrogens is 394 g/mol. The Kier molecular flexibility index (Phi) is 6.41. The maximum absolute atomic E-state index is 9.42. The van der Waals surface area contributed by atoms with Crippen molar-refractivity contribution in [1.82, 2.24) is 19.5 Å². The molecule has 3 heterocycles. The van der Waals surface area contributed by atoms with Crippen molar-refractivity contribution in [3.05, 3.63) is 48.0 Å². The van der Waals surface area contributed by atoms with Gasteiger partial charge in [0.25, 0.3) is 0 Å². The largest absolute Gasteiger partial charge is 0.392 e. The smallest absolute Gasteiger partial charge is 0.152 e. The molecular formula is C23H27N5O3. The molecule has 0 unspecified atom stereocenters. The lowest BCUT2D eigenvalue weighted by Gasteiger charge is -2.11. The van der Waals surface area contributed by atoms with Crippen LogP contribution in [0.4, 0.5) is 5.82 Å². The van der Waals surface area contributed by atoms with Crippen molar-refractivity contribution in [2.75, 3.05) is 26.1 Å². The number of aromatic nitrogens is 4. The Morgan fingerprint density at radius 3 is 2.77 bits per heavy atom. The summed E-state index contributed by atoms with van der Waals surface area (Å²) < 4.78 is 13.1. The summed E-state index contributed by atoms with van der Waals surface area (Å²) in [6, 6.07) is 8.00. The van der Waals surface area contributed by atoms with Crippen molar-refractivity contribution >= 4 is 27.8 Å². The van der Waals surface area contributed by atoms with E-state index in [2.05, 4.69) is 14.5 Å². The number of rotatable bonds is 9. The number of methoxy groups -OCH3 is 1. The Balaban J connectivity index is 1.87. The Morgan fingerprint density at radius 2 is 2.00 bits per heavy atom. The molecule has 8 heteroatoms. The lowest BCUT2D eigenvalue weighted by atomic mass is 10.0. The maximum atomic E-state index is 9.42. The number of nitrogens with two attached hydrogens (primary N) is 1. The molecule has 3 aromatic heterocycles. The van der Waals surface area contributed by atoms with Crippen LogP contribution in [0, 0.1) is 0 Å². The number of aliphatic hydroxyl groups excluding tert-OH is 1. The van der Waals surface area contributed by atoms with E-state index in [1.807, 2.05) is 31.2 Å². The van der Waals surface area contributed by atoms with Crippen molar-refractivity contribution in [3.8, 4) is 11.1 Å². The minimum Gasteiger partial charge on any atom is -0.392 e. The number of imidazole rings is 1. The van der Waals surface area contributed by atoms with E-state index in [4.69, 9.17) is 20.2 Å². The Labute approximate surface area is 180 Å². The number of hydrogen-bond acceptors (Lipinski definition) is 7. The van der Waals surface area contributed by atoms with Crippen LogP contribution in [0.2, 0.25) is 0 Å². The van der Waals surface area contributed by atoms with Gasteiger partial charge < -0.3 is 24.9 Å². The minimum atomic E-state index is -0.0521. The summed E-state index contributed by atoms with van der Waals surface area (Å²) in [6.45, 7) is 4.34. The molecule has 8 nitrogen and oxygen atoms in total. The van der Waals surface area contributed by atoms with Crippen LogP contribution < -0.4 is 5.73 Å². The van der Waals surface area contributed by atoms with Gasteiger partial charge in [-0.1, -0.05) is 12.1 Å². The molecule has 0 fully saturated rings. The second-order valence-corrected chi connectivity index (χ2v) is 7.33. The fourth-order valence-electron chi connectivity index (χ4n) is 3.78. The number of hydrogen-bond donors (Lipinski definition) is 2. The van der Waals surface area contributed by atoms with Crippen molar-refractivity contribution in [1.29, 1.82) is 0 Å². The van der Waals surface area contributed by atoms with Gasteiger partial charge in [0, 0.05) is 50.2 Å². The number of nitrogen functional groups attached to an aromatic ring is 1. The number of nitrogens with zero attached hydrogens (tertiary/aromatic N) is 4. The number of aryl methyl sites for hydroxylation is 1. The maximum Gasteiger partial charge on any atom is 0.152 e. The molecule has 0 saturated carbocycles. The van der Waals surface area contributed by atoms with Crippen LogP contribution >= 0.6 is 0 Å². The van der Waals surface area contributed by atoms with Crippen LogP contribution in [0.5, 0.6) is 0 Å². The van der Waals surface area contributed by atoms with Crippen LogP contribution in [0.25, 0.3) is 33.1 Å². The molecule has 4 aromatic rings. The highest BCUT2D eigenvalue weighted by Gasteiger charge is 2.18. The van der Waals surface area contributed by atoms with Crippen LogP contribution in [-0.2, 0) is 29.2 Å². The van der Waals surface area contributed by atoms with Gasteiger partial charge in [0.15, 0.2) is 5.82 Å². The SMILES string of the molecule is CCOCc1nc2c(N)nc3cc(-c4cncc(CO)c4)ccc3c2n1CCCOC. The highest BCUT2D eigenvalue weighted by Crippen LogP contribution is 2.32. The molecule has 3 N–H and O–H groups in total. The quantitative estimate of drug-likeness (QED) is 0.399. The van der Waals surface area contributed by atoms with Gasteiger partial charge in [-0.3, -0.25) is 4.98 Å². The predicted octanol–water partition coefficient (Wildman–Crippen LogP) is 3.29. The number of anilines is 1. The van der Waals surface area contributed by atoms with E-state index in [0.29, 0.717) is 31.2 Å². The lowest BCUT2D eigenvalue weighted by Crippen LogP contribution is -2.08. The zero-order chi connectivity index (χ0) is 21.8. The van der Waals surface area contributed by atoms with Crippen molar-refractivity contribution in [2.24, 2.45) is 0 Å². The van der Waals surface area contributed by atoms with Crippen molar-refractivity contribution in [2.45, 2.75) is 33.1 Å². The van der Waals surface area contributed by atoms with Gasteiger partial charge in [-0.2, -0.15) is 0 Å². The van der Waals surface area contributed by atoms with Gasteiger partial charge in [0.1, 0.15) is 17.9 Å². The van der Waals surface area contributed by atoms with Crippen LogP contribution in [0.3, 0.4) is 0 Å². The summed E-state index contributed by atoms with van der Waals surface area (Å²) in [5.74, 6) is 1.23. The average Bonchev–Trinajstić information content (AvgIpc) is 3.17. The molecule has 0 atom stereocenters. The monoisotopic (exact) mass is 421 g/mol. The summed E-state index contributed by atoms with van der Waals surface area (Å²) in [4.78, 5) is 13.6. The normalized spacial score (nSPS) is 11.6. The minimum absolute atomic E-state index is 0.0521. The number of aliphatic hydroxyl groups is 1. The molecule has 0 aliphatic heterocycles. The first kappa shape index (κ1) is 21.2. The van der Waals surface area contributed by atoms with Crippen LogP contribution in [0.15, 0.2) is 36.7 Å². The molecule has 162 valence electrons. The van der Waals surface area contributed by atoms with E-state index in [0.717, 1.165) is 51.9 Å². The summed E-state index contributed by atoms with van der Waals surface area (Å²) in [7, 11) is 1.70. The van der Waals surface area contributed by atoms with Gasteiger partial charge in [0.05, 0.1) is 17.6 Å². The predicted molar refractivity (Wildman–Crippen MR) is 120 cm³/mol. The zero-order valence-corrected chi connectivity index (χ0v) is 17.8. The van der Waals surface area contributed by atoms with E-state index < -0.39 is 0 Å². The molecule has 0 aliphatic rings. The molecule has 0 aliphatic carbocycles. The third-order valence-corrected chi connectivity index (χ3v) is 5.26. The topological polar surface area (TPSA) is 108 Å². The molecule has 0 amide bonds. The standard InChI is InChI=1S/C23H27N5O3/c1-3-31-14-20-27-21-22(28(20)7-4-8-30-2)18-6-5-16(10-19(18)26-23(21)24)17-9-15(13-29)11-25-12-17/h5-6,9-12,29H,3-4,7-8,13-14H2,1-2H3,(H2,24,26). The molecule has 4 rings (SSSR count). The third-order valence-electron chi connectivity index (χ3n) is 5.26. The Bertz CT molecular complexity index is 1200.